The number of nitrogens with one attached hydrogen (secondary N) is 2. The van der Waals surface area contributed by atoms with Gasteiger partial charge in [0.05, 0.1) is 6.61 Å². The third-order valence-corrected chi connectivity index (χ3v) is 4.85. The number of thioether (sulfide) groups is 1. The van der Waals surface area contributed by atoms with Crippen LogP contribution in [-0.4, -0.2) is 35.3 Å². The van der Waals surface area contributed by atoms with Gasteiger partial charge in [-0.1, -0.05) is 22.0 Å². The average Bonchev–Trinajstić information content (AvgIpc) is 2.35. The van der Waals surface area contributed by atoms with Gasteiger partial charge in [0.2, 0.25) is 0 Å². The number of aliphatic hydroxyl groups is 1. The van der Waals surface area contributed by atoms with Gasteiger partial charge >= 0.3 is 6.03 Å². The van der Waals surface area contributed by atoms with E-state index in [2.05, 4.69) is 26.6 Å². The smallest absolute Gasteiger partial charge is 0.319 e. The Kier molecular flexibility index (Phi) is 6.68. The first-order chi connectivity index (χ1) is 8.97. The predicted molar refractivity (Wildman–Crippen MR) is 84.9 cm³/mol. The number of hydrogen-bond acceptors (Lipinski definition) is 3. The molecule has 106 valence electrons. The molecule has 1 aromatic rings. The number of halogens is 1. The normalized spacial score (nSPS) is 13.7. The summed E-state index contributed by atoms with van der Waals surface area (Å²) in [5.74, 6) is 0. The maximum Gasteiger partial charge on any atom is 0.319 e. The highest BCUT2D eigenvalue weighted by molar-refractivity contribution is 9.10. The van der Waals surface area contributed by atoms with Crippen LogP contribution >= 0.6 is 27.7 Å². The molecule has 0 heterocycles. The van der Waals surface area contributed by atoms with E-state index in [1.165, 1.54) is 11.8 Å². The lowest BCUT2D eigenvalue weighted by Gasteiger charge is -2.21. The number of carbonyl (C=O) groups is 1. The molecule has 0 aliphatic heterocycles. The van der Waals surface area contributed by atoms with E-state index in [-0.39, 0.29) is 23.9 Å². The Hall–Kier alpha value is -0.720. The quantitative estimate of drug-likeness (QED) is 0.767. The molecule has 2 unspecified atom stereocenters. The standard InChI is InChI=1S/C13H19BrN2O2S/c1-8-4-5-10(6-11(8)14)16-13(18)15-9(2)12(7-17)19-3/h4-6,9,12,17H,7H2,1-3H3,(H2,15,16,18). The van der Waals surface area contributed by atoms with Crippen molar-refractivity contribution < 1.29 is 9.90 Å². The Labute approximate surface area is 126 Å². The molecule has 0 aliphatic carbocycles. The lowest BCUT2D eigenvalue weighted by atomic mass is 10.2. The Morgan fingerprint density at radius 2 is 2.21 bits per heavy atom. The fraction of sp³-hybridized carbons (Fsp3) is 0.462. The lowest BCUT2D eigenvalue weighted by molar-refractivity contribution is 0.243. The van der Waals surface area contributed by atoms with Crippen molar-refractivity contribution >= 4 is 39.4 Å². The first-order valence-electron chi connectivity index (χ1n) is 5.95. The van der Waals surface area contributed by atoms with Crippen molar-refractivity contribution in [2.45, 2.75) is 25.1 Å². The summed E-state index contributed by atoms with van der Waals surface area (Å²) in [6.45, 7) is 3.90. The summed E-state index contributed by atoms with van der Waals surface area (Å²) in [5, 5.41) is 14.8. The molecule has 0 radical (unpaired) electrons. The zero-order valence-electron chi connectivity index (χ0n) is 11.2. The van der Waals surface area contributed by atoms with Crippen LogP contribution in [-0.2, 0) is 0 Å². The van der Waals surface area contributed by atoms with Crippen LogP contribution in [0.25, 0.3) is 0 Å². The maximum atomic E-state index is 11.8. The molecule has 1 aromatic carbocycles. The predicted octanol–water partition coefficient (Wildman–Crippen LogP) is 2.99. The average molecular weight is 347 g/mol. The number of amides is 2. The van der Waals surface area contributed by atoms with E-state index < -0.39 is 0 Å². The lowest BCUT2D eigenvalue weighted by Crippen LogP contribution is -2.43. The second-order valence-corrected chi connectivity index (χ2v) is 6.24. The van der Waals surface area contributed by atoms with Crippen molar-refractivity contribution in [3.05, 3.63) is 28.2 Å². The molecule has 19 heavy (non-hydrogen) atoms. The van der Waals surface area contributed by atoms with E-state index in [4.69, 9.17) is 5.11 Å². The van der Waals surface area contributed by atoms with Crippen molar-refractivity contribution in [2.24, 2.45) is 0 Å². The minimum atomic E-state index is -0.268. The molecule has 0 spiro atoms. The molecular formula is C13H19BrN2O2S. The summed E-state index contributed by atoms with van der Waals surface area (Å²) in [5.41, 5.74) is 1.84. The number of benzene rings is 1. The van der Waals surface area contributed by atoms with Crippen LogP contribution in [0.2, 0.25) is 0 Å². The topological polar surface area (TPSA) is 61.4 Å². The summed E-state index contributed by atoms with van der Waals surface area (Å²) in [6, 6.07) is 5.27. The van der Waals surface area contributed by atoms with Gasteiger partial charge in [0.15, 0.2) is 0 Å². The molecule has 0 aromatic heterocycles. The third-order valence-electron chi connectivity index (χ3n) is 2.83. The van der Waals surface area contributed by atoms with Crippen molar-refractivity contribution in [1.29, 1.82) is 0 Å². The van der Waals surface area contributed by atoms with E-state index in [1.807, 2.05) is 38.3 Å². The van der Waals surface area contributed by atoms with Crippen LogP contribution in [0.1, 0.15) is 12.5 Å². The van der Waals surface area contributed by atoms with Crippen LogP contribution in [0, 0.1) is 6.92 Å². The van der Waals surface area contributed by atoms with Crippen molar-refractivity contribution in [1.82, 2.24) is 5.32 Å². The number of hydrogen-bond donors (Lipinski definition) is 3. The van der Waals surface area contributed by atoms with Crippen LogP contribution < -0.4 is 10.6 Å². The first kappa shape index (κ1) is 16.3. The summed E-state index contributed by atoms with van der Waals surface area (Å²) in [7, 11) is 0. The number of rotatable bonds is 5. The maximum absolute atomic E-state index is 11.8. The Morgan fingerprint density at radius 1 is 1.53 bits per heavy atom. The summed E-state index contributed by atoms with van der Waals surface area (Å²) < 4.78 is 0.954. The van der Waals surface area contributed by atoms with E-state index in [1.54, 1.807) is 0 Å². The van der Waals surface area contributed by atoms with Gasteiger partial charge < -0.3 is 15.7 Å². The number of anilines is 1. The SMILES string of the molecule is CSC(CO)C(C)NC(=O)Nc1ccc(C)c(Br)c1. The van der Waals surface area contributed by atoms with Crippen LogP contribution in [0.15, 0.2) is 22.7 Å². The summed E-state index contributed by atoms with van der Waals surface area (Å²) >= 11 is 4.96. The summed E-state index contributed by atoms with van der Waals surface area (Å²) in [6.07, 6.45) is 1.91. The van der Waals surface area contributed by atoms with Gasteiger partial charge in [-0.15, -0.1) is 0 Å². The minimum absolute atomic E-state index is 0.00416. The van der Waals surface area contributed by atoms with Crippen LogP contribution in [0.4, 0.5) is 10.5 Å². The van der Waals surface area contributed by atoms with Crippen LogP contribution in [0.5, 0.6) is 0 Å². The summed E-state index contributed by atoms with van der Waals surface area (Å²) in [4.78, 5) is 11.8. The van der Waals surface area contributed by atoms with Crippen LogP contribution in [0.3, 0.4) is 0 Å². The molecule has 2 amide bonds. The number of carbonyl (C=O) groups excluding carboxylic acids is 1. The minimum Gasteiger partial charge on any atom is -0.395 e. The van der Waals surface area contributed by atoms with Crippen molar-refractivity contribution in [2.75, 3.05) is 18.2 Å². The van der Waals surface area contributed by atoms with Gasteiger partial charge in [0.25, 0.3) is 0 Å². The highest BCUT2D eigenvalue weighted by Crippen LogP contribution is 2.20. The van der Waals surface area contributed by atoms with Crippen molar-refractivity contribution in [3.8, 4) is 0 Å². The van der Waals surface area contributed by atoms with Gasteiger partial charge in [0, 0.05) is 21.5 Å². The van der Waals surface area contributed by atoms with Gasteiger partial charge in [-0.25, -0.2) is 4.79 Å². The number of aliphatic hydroxyl groups excluding tert-OH is 1. The second kappa shape index (κ2) is 7.77. The molecule has 1 rings (SSSR count). The van der Waals surface area contributed by atoms with E-state index >= 15 is 0 Å². The second-order valence-electron chi connectivity index (χ2n) is 4.31. The Morgan fingerprint density at radius 3 is 2.74 bits per heavy atom. The monoisotopic (exact) mass is 346 g/mol. The van der Waals surface area contributed by atoms with Gasteiger partial charge in [-0.05, 0) is 37.8 Å². The van der Waals surface area contributed by atoms with E-state index in [9.17, 15) is 4.79 Å². The highest BCUT2D eigenvalue weighted by Gasteiger charge is 2.17. The highest BCUT2D eigenvalue weighted by atomic mass is 79.9. The van der Waals surface area contributed by atoms with Gasteiger partial charge in [-0.2, -0.15) is 11.8 Å². The molecule has 0 saturated carbocycles. The third kappa shape index (κ3) is 5.04. The molecule has 4 nitrogen and oxygen atoms in total. The van der Waals surface area contributed by atoms with Crippen molar-refractivity contribution in [3.63, 3.8) is 0 Å². The molecule has 0 aliphatic rings. The molecule has 3 N–H and O–H groups in total. The number of urea groups is 1. The largest absolute Gasteiger partial charge is 0.395 e. The molecule has 6 heteroatoms. The fourth-order valence-electron chi connectivity index (χ4n) is 1.57. The molecule has 0 saturated heterocycles. The number of aryl methyl sites for hydroxylation is 1. The fourth-order valence-corrected chi connectivity index (χ4v) is 2.58. The molecule has 2 atom stereocenters. The Bertz CT molecular complexity index is 439. The van der Waals surface area contributed by atoms with Gasteiger partial charge in [-0.3, -0.25) is 0 Å². The first-order valence-corrected chi connectivity index (χ1v) is 8.03. The molecule has 0 bridgehead atoms. The van der Waals surface area contributed by atoms with E-state index in [0.29, 0.717) is 0 Å². The molecule has 0 fully saturated rings. The van der Waals surface area contributed by atoms with E-state index in [0.717, 1.165) is 15.7 Å². The zero-order valence-corrected chi connectivity index (χ0v) is 13.6. The zero-order chi connectivity index (χ0) is 14.4. The van der Waals surface area contributed by atoms with Gasteiger partial charge in [0.1, 0.15) is 0 Å². The molecular weight excluding hydrogens is 328 g/mol. The Balaban J connectivity index is 2.57.